The van der Waals surface area contributed by atoms with Crippen LogP contribution in [0.15, 0.2) is 29.3 Å². The predicted molar refractivity (Wildman–Crippen MR) is 170 cm³/mol. The lowest BCUT2D eigenvalue weighted by atomic mass is 9.79. The summed E-state index contributed by atoms with van der Waals surface area (Å²) < 4.78 is 47.8. The monoisotopic (exact) mass is 642 g/mol. The Kier molecular flexibility index (Phi) is 9.02. The molecule has 45 heavy (non-hydrogen) atoms. The van der Waals surface area contributed by atoms with E-state index in [1.165, 1.54) is 5.56 Å². The van der Waals surface area contributed by atoms with Gasteiger partial charge in [-0.3, -0.25) is 14.1 Å². The SMILES string of the molecule is CCC1CC(C)(C)[N+](CCCOC=O)=c2cc3c(cc21)=Nc1cc2c(cc1O3)N(CCCC(=O)O)C(C)(C)CC2CS(=O)(=O)O. The number of carbonyl (C=O) groups excluding carboxylic acids is 1. The summed E-state index contributed by atoms with van der Waals surface area (Å²) >= 11 is 0. The van der Waals surface area contributed by atoms with Gasteiger partial charge in [0.2, 0.25) is 5.36 Å². The summed E-state index contributed by atoms with van der Waals surface area (Å²) in [6.07, 6.45) is 3.50. The maximum Gasteiger partial charge on any atom is 0.303 e. The molecular formula is C33H44N3O8S+. The number of aliphatic carboxylic acids is 1. The fourth-order valence-electron chi connectivity index (χ4n) is 7.51. The summed E-state index contributed by atoms with van der Waals surface area (Å²) in [6, 6.07) is 7.89. The first-order valence-corrected chi connectivity index (χ1v) is 17.3. The van der Waals surface area contributed by atoms with Crippen LogP contribution in [0.5, 0.6) is 11.5 Å². The lowest BCUT2D eigenvalue weighted by Crippen LogP contribution is -2.53. The number of carboxylic acids is 1. The molecule has 2 unspecified atom stereocenters. The summed E-state index contributed by atoms with van der Waals surface area (Å²) in [4.78, 5) is 29.1. The second kappa shape index (κ2) is 12.4. The second-order valence-electron chi connectivity index (χ2n) is 13.7. The average molecular weight is 643 g/mol. The van der Waals surface area contributed by atoms with E-state index in [4.69, 9.17) is 14.5 Å². The fraction of sp³-hybridized carbons (Fsp3) is 0.576. The van der Waals surface area contributed by atoms with Crippen molar-refractivity contribution in [1.29, 1.82) is 0 Å². The van der Waals surface area contributed by atoms with Crippen LogP contribution >= 0.6 is 0 Å². The summed E-state index contributed by atoms with van der Waals surface area (Å²) in [5, 5.41) is 11.0. The Morgan fingerprint density at radius 3 is 2.53 bits per heavy atom. The Bertz CT molecular complexity index is 1730. The van der Waals surface area contributed by atoms with Crippen molar-refractivity contribution in [2.24, 2.45) is 4.99 Å². The third-order valence-corrected chi connectivity index (χ3v) is 10.3. The van der Waals surface area contributed by atoms with Crippen LogP contribution in [0.4, 0.5) is 11.4 Å². The molecule has 0 aromatic heterocycles. The Labute approximate surface area is 264 Å². The van der Waals surface area contributed by atoms with Crippen LogP contribution in [0.1, 0.15) is 96.1 Å². The highest BCUT2D eigenvalue weighted by atomic mass is 32.2. The molecule has 2 aromatic rings. The van der Waals surface area contributed by atoms with Crippen LogP contribution in [0, 0.1) is 0 Å². The number of carboxylic acid groups (broad SMARTS) is 1. The number of carbonyl (C=O) groups is 2. The van der Waals surface area contributed by atoms with Crippen LogP contribution in [-0.4, -0.2) is 67.0 Å². The minimum absolute atomic E-state index is 0.0124. The van der Waals surface area contributed by atoms with Gasteiger partial charge in [-0.05, 0) is 70.6 Å². The molecule has 0 aliphatic carbocycles. The van der Waals surface area contributed by atoms with E-state index >= 15 is 0 Å². The van der Waals surface area contributed by atoms with E-state index in [0.717, 1.165) is 29.4 Å². The molecule has 0 saturated carbocycles. The van der Waals surface area contributed by atoms with E-state index in [-0.39, 0.29) is 12.0 Å². The highest BCUT2D eigenvalue weighted by Crippen LogP contribution is 2.49. The highest BCUT2D eigenvalue weighted by molar-refractivity contribution is 7.85. The Balaban J connectivity index is 1.64. The molecule has 3 aliphatic heterocycles. The lowest BCUT2D eigenvalue weighted by molar-refractivity contribution is -0.137. The van der Waals surface area contributed by atoms with Crippen LogP contribution in [0.25, 0.3) is 0 Å². The zero-order valence-corrected chi connectivity index (χ0v) is 27.5. The van der Waals surface area contributed by atoms with Crippen LogP contribution in [0.2, 0.25) is 0 Å². The van der Waals surface area contributed by atoms with Gasteiger partial charge in [0.15, 0.2) is 17.0 Å². The number of fused-ring (bicyclic) bond motifs is 4. The molecule has 2 atom stereocenters. The van der Waals surface area contributed by atoms with Gasteiger partial charge in [0, 0.05) is 54.6 Å². The first-order chi connectivity index (χ1) is 21.1. The molecule has 2 N–H and O–H groups in total. The van der Waals surface area contributed by atoms with E-state index in [1.807, 2.05) is 26.0 Å². The quantitative estimate of drug-likeness (QED) is 0.128. The third-order valence-electron chi connectivity index (χ3n) is 9.48. The van der Waals surface area contributed by atoms with Gasteiger partial charge in [-0.25, -0.2) is 9.57 Å². The molecule has 3 heterocycles. The van der Waals surface area contributed by atoms with E-state index in [2.05, 4.69) is 42.4 Å². The van der Waals surface area contributed by atoms with E-state index in [1.54, 1.807) is 0 Å². The molecular weight excluding hydrogens is 598 g/mol. The zero-order valence-electron chi connectivity index (χ0n) is 26.7. The van der Waals surface area contributed by atoms with Crippen LogP contribution in [0.3, 0.4) is 0 Å². The molecule has 0 saturated heterocycles. The topological polar surface area (TPSA) is 146 Å². The van der Waals surface area contributed by atoms with Gasteiger partial charge in [0.1, 0.15) is 17.6 Å². The summed E-state index contributed by atoms with van der Waals surface area (Å²) in [7, 11) is -4.26. The summed E-state index contributed by atoms with van der Waals surface area (Å²) in [5.41, 5.74) is 2.63. The molecule has 0 spiro atoms. The van der Waals surface area contributed by atoms with Crippen molar-refractivity contribution >= 4 is 33.9 Å². The maximum atomic E-state index is 12.1. The van der Waals surface area contributed by atoms with Crippen molar-refractivity contribution in [3.63, 3.8) is 0 Å². The molecule has 0 amide bonds. The molecule has 5 rings (SSSR count). The minimum atomic E-state index is -4.26. The number of nitrogens with zero attached hydrogens (tertiary/aromatic N) is 3. The number of benzene rings is 2. The van der Waals surface area contributed by atoms with Crippen molar-refractivity contribution in [2.45, 2.75) is 96.1 Å². The van der Waals surface area contributed by atoms with Gasteiger partial charge in [-0.2, -0.15) is 8.42 Å². The van der Waals surface area contributed by atoms with Gasteiger partial charge in [-0.15, -0.1) is 0 Å². The van der Waals surface area contributed by atoms with Crippen LogP contribution in [-0.2, 0) is 24.4 Å². The van der Waals surface area contributed by atoms with Gasteiger partial charge >= 0.3 is 5.97 Å². The maximum absolute atomic E-state index is 12.1. The van der Waals surface area contributed by atoms with Crippen molar-refractivity contribution < 1.29 is 37.1 Å². The largest absolute Gasteiger partial charge is 0.481 e. The molecule has 3 aliphatic rings. The first-order valence-electron chi connectivity index (χ1n) is 15.7. The van der Waals surface area contributed by atoms with Crippen molar-refractivity contribution in [2.75, 3.05) is 30.3 Å². The minimum Gasteiger partial charge on any atom is -0.481 e. The van der Waals surface area contributed by atoms with E-state index in [0.29, 0.717) is 73.9 Å². The molecule has 0 bridgehead atoms. The predicted octanol–water partition coefficient (Wildman–Crippen LogP) is 4.30. The van der Waals surface area contributed by atoms with Gasteiger partial charge in [0.05, 0.1) is 18.4 Å². The molecule has 0 radical (unpaired) electrons. The summed E-state index contributed by atoms with van der Waals surface area (Å²) in [6.45, 7) is 12.6. The molecule has 0 fully saturated rings. The molecule has 2 aromatic carbocycles. The molecule has 12 heteroatoms. The average Bonchev–Trinajstić information content (AvgIpc) is 2.93. The van der Waals surface area contributed by atoms with Gasteiger partial charge < -0.3 is 19.5 Å². The Morgan fingerprint density at radius 1 is 1.11 bits per heavy atom. The standard InChI is InChI=1S/C33H43N3O8S/c1-6-21-17-32(2,3)36(11-8-12-43-20-37)27-15-29-25(13-23(21)27)34-26-14-24-22(19-45(40,41)42)18-33(4,5)35(10-7-9-31(38)39)28(24)16-30(26)44-29/h13-16,20-22H,6-12,17-19H2,1-5H3,(H-,38,39,40,41,42)/p+1. The second-order valence-corrected chi connectivity index (χ2v) is 15.2. The zero-order chi connectivity index (χ0) is 32.7. The number of anilines is 1. The lowest BCUT2D eigenvalue weighted by Gasteiger charge is -2.48. The Morgan fingerprint density at radius 2 is 1.87 bits per heavy atom. The Hall–Kier alpha value is -3.51. The smallest absolute Gasteiger partial charge is 0.303 e. The number of hydrogen-bond donors (Lipinski definition) is 2. The normalized spacial score (nSPS) is 20.9. The third kappa shape index (κ3) is 6.86. The van der Waals surface area contributed by atoms with Crippen molar-refractivity contribution in [3.05, 3.63) is 46.1 Å². The number of rotatable bonds is 12. The van der Waals surface area contributed by atoms with Gasteiger partial charge in [-0.1, -0.05) is 6.92 Å². The highest BCUT2D eigenvalue weighted by Gasteiger charge is 2.42. The van der Waals surface area contributed by atoms with Crippen molar-refractivity contribution in [1.82, 2.24) is 4.58 Å². The molecule has 244 valence electrons. The number of ether oxygens (including phenoxy) is 2. The summed E-state index contributed by atoms with van der Waals surface area (Å²) in [5.74, 6) is -0.304. The number of hydrogen-bond acceptors (Lipinski definition) is 8. The molecule has 11 nitrogen and oxygen atoms in total. The van der Waals surface area contributed by atoms with E-state index < -0.39 is 33.3 Å². The van der Waals surface area contributed by atoms with Crippen LogP contribution < -0.4 is 24.9 Å². The fourth-order valence-corrected chi connectivity index (χ4v) is 8.32. The first kappa shape index (κ1) is 32.9. The van der Waals surface area contributed by atoms with Crippen molar-refractivity contribution in [3.8, 4) is 11.5 Å². The van der Waals surface area contributed by atoms with Gasteiger partial charge in [0.25, 0.3) is 16.6 Å². The van der Waals surface area contributed by atoms with E-state index in [9.17, 15) is 27.7 Å².